The molecule has 1 aromatic heterocycles. The minimum Gasteiger partial charge on any atom is -0.387 e. The van der Waals surface area contributed by atoms with Gasteiger partial charge in [0.25, 0.3) is 10.0 Å². The summed E-state index contributed by atoms with van der Waals surface area (Å²) in [5.41, 5.74) is 0.464. The van der Waals surface area contributed by atoms with Gasteiger partial charge in [-0.15, -0.1) is 11.3 Å². The van der Waals surface area contributed by atoms with Crippen molar-refractivity contribution in [2.75, 3.05) is 13.6 Å². The Hall–Kier alpha value is -0.800. The van der Waals surface area contributed by atoms with Crippen molar-refractivity contribution in [1.82, 2.24) is 4.31 Å². The fraction of sp³-hybridized carbons (Fsp3) is 0.231. The summed E-state index contributed by atoms with van der Waals surface area (Å²) >= 11 is 4.32. The molecule has 0 aliphatic heterocycles. The number of aliphatic hydroxyl groups is 1. The SMILES string of the molecule is CN(CC(O)c1ccc(F)cc1)S(=O)(=O)c1ccc(Br)s1. The highest BCUT2D eigenvalue weighted by Gasteiger charge is 2.25. The number of aliphatic hydroxyl groups excluding tert-OH is 1. The third-order valence-electron chi connectivity index (χ3n) is 2.90. The summed E-state index contributed by atoms with van der Waals surface area (Å²) in [6.07, 6.45) is -1.02. The largest absolute Gasteiger partial charge is 0.387 e. The van der Waals surface area contributed by atoms with Crippen molar-refractivity contribution in [2.24, 2.45) is 0 Å². The predicted octanol–water partition coefficient (Wildman–Crippen LogP) is 3.00. The maximum absolute atomic E-state index is 12.8. The third-order valence-corrected chi connectivity index (χ3v) is 6.81. The standard InChI is InChI=1S/C13H13BrFNO3S2/c1-16(21(18,19)13-7-6-12(14)20-13)8-11(17)9-2-4-10(15)5-3-9/h2-7,11,17H,8H2,1H3. The second-order valence-corrected chi connectivity index (χ2v) is 9.15. The number of rotatable bonds is 5. The third kappa shape index (κ3) is 3.89. The lowest BCUT2D eigenvalue weighted by Gasteiger charge is -2.20. The predicted molar refractivity (Wildman–Crippen MR) is 83.2 cm³/mol. The van der Waals surface area contributed by atoms with E-state index in [0.29, 0.717) is 9.35 Å². The van der Waals surface area contributed by atoms with Crippen LogP contribution in [0.4, 0.5) is 4.39 Å². The van der Waals surface area contributed by atoms with Crippen molar-refractivity contribution in [2.45, 2.75) is 10.3 Å². The van der Waals surface area contributed by atoms with Gasteiger partial charge < -0.3 is 5.11 Å². The normalized spacial score (nSPS) is 13.6. The number of likely N-dealkylation sites (N-methyl/N-ethyl adjacent to an activating group) is 1. The lowest BCUT2D eigenvalue weighted by Crippen LogP contribution is -2.30. The molecule has 0 spiro atoms. The van der Waals surface area contributed by atoms with E-state index in [4.69, 9.17) is 0 Å². The molecule has 2 rings (SSSR count). The average molecular weight is 394 g/mol. The molecule has 1 unspecified atom stereocenters. The van der Waals surface area contributed by atoms with Gasteiger partial charge in [-0.3, -0.25) is 0 Å². The molecule has 2 aromatic rings. The maximum atomic E-state index is 12.8. The summed E-state index contributed by atoms with van der Waals surface area (Å²) in [6.45, 7) is -0.108. The van der Waals surface area contributed by atoms with Crippen molar-refractivity contribution in [1.29, 1.82) is 0 Å². The Labute approximate surface area is 135 Å². The van der Waals surface area contributed by atoms with Crippen LogP contribution in [0, 0.1) is 5.82 Å². The van der Waals surface area contributed by atoms with Gasteiger partial charge in [0.2, 0.25) is 0 Å². The number of hydrogen-bond donors (Lipinski definition) is 1. The van der Waals surface area contributed by atoms with Crippen LogP contribution in [0.3, 0.4) is 0 Å². The van der Waals surface area contributed by atoms with Crippen molar-refractivity contribution in [3.63, 3.8) is 0 Å². The summed E-state index contributed by atoms with van der Waals surface area (Å²) in [4.78, 5) is 0. The lowest BCUT2D eigenvalue weighted by molar-refractivity contribution is 0.155. The molecule has 0 fully saturated rings. The summed E-state index contributed by atoms with van der Waals surface area (Å²) in [6, 6.07) is 8.48. The Balaban J connectivity index is 2.13. The number of hydrogen-bond acceptors (Lipinski definition) is 4. The number of halogens is 2. The number of benzene rings is 1. The summed E-state index contributed by atoms with van der Waals surface area (Å²) in [5, 5.41) is 10.1. The average Bonchev–Trinajstić information content (AvgIpc) is 2.86. The van der Waals surface area contributed by atoms with Gasteiger partial charge in [0, 0.05) is 13.6 Å². The molecular formula is C13H13BrFNO3S2. The first kappa shape index (κ1) is 16.6. The Morgan fingerprint density at radius 3 is 2.43 bits per heavy atom. The van der Waals surface area contributed by atoms with Crippen LogP contribution in [-0.2, 0) is 10.0 Å². The molecule has 0 amide bonds. The minimum atomic E-state index is -3.64. The molecule has 114 valence electrons. The second-order valence-electron chi connectivity index (χ2n) is 4.41. The summed E-state index contributed by atoms with van der Waals surface area (Å²) < 4.78 is 39.5. The topological polar surface area (TPSA) is 57.6 Å². The van der Waals surface area contributed by atoms with Gasteiger partial charge >= 0.3 is 0 Å². The van der Waals surface area contributed by atoms with Crippen LogP contribution in [0.15, 0.2) is 44.4 Å². The van der Waals surface area contributed by atoms with Gasteiger partial charge in [-0.05, 0) is 45.8 Å². The Morgan fingerprint density at radius 1 is 1.29 bits per heavy atom. The van der Waals surface area contributed by atoms with Gasteiger partial charge in [-0.2, -0.15) is 4.31 Å². The zero-order valence-electron chi connectivity index (χ0n) is 11.0. The van der Waals surface area contributed by atoms with E-state index in [-0.39, 0.29) is 10.8 Å². The fourth-order valence-electron chi connectivity index (χ4n) is 1.72. The van der Waals surface area contributed by atoms with Crippen LogP contribution < -0.4 is 0 Å². The first-order chi connectivity index (χ1) is 9.80. The zero-order valence-corrected chi connectivity index (χ0v) is 14.3. The molecule has 4 nitrogen and oxygen atoms in total. The molecule has 0 radical (unpaired) electrons. The number of nitrogens with zero attached hydrogens (tertiary/aromatic N) is 1. The van der Waals surface area contributed by atoms with E-state index < -0.39 is 21.9 Å². The van der Waals surface area contributed by atoms with E-state index in [1.54, 1.807) is 6.07 Å². The van der Waals surface area contributed by atoms with Gasteiger partial charge in [-0.1, -0.05) is 12.1 Å². The van der Waals surface area contributed by atoms with Gasteiger partial charge in [-0.25, -0.2) is 12.8 Å². The second kappa shape index (κ2) is 6.53. The zero-order chi connectivity index (χ0) is 15.6. The van der Waals surface area contributed by atoms with Gasteiger partial charge in [0.15, 0.2) is 0 Å². The Bertz CT molecular complexity index is 715. The molecule has 0 bridgehead atoms. The molecule has 1 heterocycles. The number of sulfonamides is 1. The molecule has 0 saturated carbocycles. The molecule has 0 aliphatic carbocycles. The van der Waals surface area contributed by atoms with Crippen LogP contribution in [0.25, 0.3) is 0 Å². The maximum Gasteiger partial charge on any atom is 0.252 e. The highest BCUT2D eigenvalue weighted by Crippen LogP contribution is 2.28. The Kier molecular flexibility index (Phi) is 5.15. The molecule has 1 aromatic carbocycles. The Morgan fingerprint density at radius 2 is 1.90 bits per heavy atom. The van der Waals surface area contributed by atoms with Crippen molar-refractivity contribution in [3.05, 3.63) is 51.6 Å². The number of thiophene rings is 1. The van der Waals surface area contributed by atoms with E-state index in [9.17, 15) is 17.9 Å². The van der Waals surface area contributed by atoms with Crippen LogP contribution in [0.5, 0.6) is 0 Å². The van der Waals surface area contributed by atoms with Crippen molar-refractivity contribution < 1.29 is 17.9 Å². The molecule has 1 atom stereocenters. The highest BCUT2D eigenvalue weighted by atomic mass is 79.9. The minimum absolute atomic E-state index is 0.108. The van der Waals surface area contributed by atoms with E-state index in [0.717, 1.165) is 15.6 Å². The highest BCUT2D eigenvalue weighted by molar-refractivity contribution is 9.11. The van der Waals surface area contributed by atoms with E-state index in [1.165, 1.54) is 37.4 Å². The quantitative estimate of drug-likeness (QED) is 0.849. The van der Waals surface area contributed by atoms with Crippen LogP contribution in [-0.4, -0.2) is 31.4 Å². The first-order valence-corrected chi connectivity index (χ1v) is 9.01. The monoisotopic (exact) mass is 393 g/mol. The van der Waals surface area contributed by atoms with Crippen LogP contribution >= 0.6 is 27.3 Å². The molecule has 21 heavy (non-hydrogen) atoms. The van der Waals surface area contributed by atoms with Crippen LogP contribution in [0.1, 0.15) is 11.7 Å². The van der Waals surface area contributed by atoms with Crippen molar-refractivity contribution >= 4 is 37.3 Å². The molecular weight excluding hydrogens is 381 g/mol. The molecule has 1 N–H and O–H groups in total. The summed E-state index contributed by atoms with van der Waals surface area (Å²) in [5.74, 6) is -0.407. The van der Waals surface area contributed by atoms with E-state index >= 15 is 0 Å². The van der Waals surface area contributed by atoms with Gasteiger partial charge in [0.05, 0.1) is 9.89 Å². The molecule has 0 saturated heterocycles. The van der Waals surface area contributed by atoms with Crippen LogP contribution in [0.2, 0.25) is 0 Å². The molecule has 8 heteroatoms. The summed E-state index contributed by atoms with van der Waals surface area (Å²) in [7, 11) is -2.24. The smallest absolute Gasteiger partial charge is 0.252 e. The first-order valence-electron chi connectivity index (χ1n) is 5.96. The fourth-order valence-corrected chi connectivity index (χ4v) is 5.12. The molecule has 0 aliphatic rings. The van der Waals surface area contributed by atoms with Gasteiger partial charge in [0.1, 0.15) is 10.0 Å². The van der Waals surface area contributed by atoms with Crippen molar-refractivity contribution in [3.8, 4) is 0 Å². The lowest BCUT2D eigenvalue weighted by atomic mass is 10.1. The van der Waals surface area contributed by atoms with E-state index in [1.807, 2.05) is 0 Å². The van der Waals surface area contributed by atoms with E-state index in [2.05, 4.69) is 15.9 Å².